The van der Waals surface area contributed by atoms with Crippen LogP contribution in [-0.2, 0) is 14.2 Å². The van der Waals surface area contributed by atoms with Gasteiger partial charge < -0.3 is 14.2 Å². The number of hydrogen-bond donors (Lipinski definition) is 0. The van der Waals surface area contributed by atoms with Gasteiger partial charge in [-0.15, -0.1) is 0 Å². The normalized spacial score (nSPS) is 26.3. The van der Waals surface area contributed by atoms with Gasteiger partial charge >= 0.3 is 6.09 Å². The summed E-state index contributed by atoms with van der Waals surface area (Å²) in [5.41, 5.74) is 0.145. The number of hydrogen-bond acceptors (Lipinski definition) is 4. The van der Waals surface area contributed by atoms with E-state index in [0.29, 0.717) is 6.54 Å². The van der Waals surface area contributed by atoms with E-state index >= 15 is 0 Å². The molecule has 1 unspecified atom stereocenters. The molecular weight excluding hydrogens is 234 g/mol. The highest BCUT2D eigenvalue weighted by Crippen LogP contribution is 2.43. The van der Waals surface area contributed by atoms with Crippen molar-refractivity contribution in [2.75, 3.05) is 33.5 Å². The molecule has 1 atom stereocenters. The van der Waals surface area contributed by atoms with Crippen molar-refractivity contribution >= 4 is 6.09 Å². The number of methoxy groups -OCH3 is 1. The van der Waals surface area contributed by atoms with E-state index in [1.165, 1.54) is 0 Å². The SMILES string of the molecule is C=CCOC(=O)N1CC2(CCOCC2)CC1OC. The second-order valence-electron chi connectivity index (χ2n) is 5.00. The Labute approximate surface area is 108 Å². The molecule has 2 saturated heterocycles. The number of carbonyl (C=O) groups is 1. The summed E-state index contributed by atoms with van der Waals surface area (Å²) in [5, 5.41) is 0. The van der Waals surface area contributed by atoms with Crippen LogP contribution in [0.15, 0.2) is 12.7 Å². The van der Waals surface area contributed by atoms with Crippen molar-refractivity contribution < 1.29 is 19.0 Å². The lowest BCUT2D eigenvalue weighted by Gasteiger charge is -2.32. The number of nitrogens with zero attached hydrogens (tertiary/aromatic N) is 1. The van der Waals surface area contributed by atoms with Crippen LogP contribution in [0, 0.1) is 5.41 Å². The van der Waals surface area contributed by atoms with Gasteiger partial charge in [0.05, 0.1) is 0 Å². The summed E-state index contributed by atoms with van der Waals surface area (Å²) in [6.45, 7) is 6.02. The minimum Gasteiger partial charge on any atom is -0.445 e. The van der Waals surface area contributed by atoms with Crippen LogP contribution in [0.5, 0.6) is 0 Å². The first-order valence-corrected chi connectivity index (χ1v) is 6.36. The fraction of sp³-hybridized carbons (Fsp3) is 0.769. The van der Waals surface area contributed by atoms with E-state index in [0.717, 1.165) is 32.5 Å². The highest BCUT2D eigenvalue weighted by Gasteiger charge is 2.47. The highest BCUT2D eigenvalue weighted by atomic mass is 16.6. The van der Waals surface area contributed by atoms with Gasteiger partial charge in [0.25, 0.3) is 0 Å². The molecule has 2 fully saturated rings. The fourth-order valence-electron chi connectivity index (χ4n) is 2.78. The Balaban J connectivity index is 2.01. The van der Waals surface area contributed by atoms with Crippen molar-refractivity contribution in [2.24, 2.45) is 5.41 Å². The van der Waals surface area contributed by atoms with Crippen molar-refractivity contribution in [1.82, 2.24) is 4.90 Å². The van der Waals surface area contributed by atoms with Crippen molar-refractivity contribution in [1.29, 1.82) is 0 Å². The molecule has 5 heteroatoms. The lowest BCUT2D eigenvalue weighted by Crippen LogP contribution is -2.38. The number of amides is 1. The van der Waals surface area contributed by atoms with Gasteiger partial charge in [-0.05, 0) is 24.7 Å². The molecule has 2 aliphatic rings. The minimum atomic E-state index is -0.315. The Morgan fingerprint density at radius 1 is 1.56 bits per heavy atom. The third kappa shape index (κ3) is 2.67. The van der Waals surface area contributed by atoms with E-state index in [-0.39, 0.29) is 24.3 Å². The molecule has 1 amide bonds. The van der Waals surface area contributed by atoms with E-state index in [1.54, 1.807) is 18.1 Å². The molecule has 2 rings (SSSR count). The molecular formula is C13H21NO4. The topological polar surface area (TPSA) is 48.0 Å². The second-order valence-corrected chi connectivity index (χ2v) is 5.00. The van der Waals surface area contributed by atoms with Crippen LogP contribution in [0.3, 0.4) is 0 Å². The number of likely N-dealkylation sites (tertiary alicyclic amines) is 1. The van der Waals surface area contributed by atoms with E-state index in [9.17, 15) is 4.79 Å². The second kappa shape index (κ2) is 5.71. The quantitative estimate of drug-likeness (QED) is 0.721. The standard InChI is InChI=1S/C13H21NO4/c1-3-6-18-12(15)14-10-13(9-11(14)16-2)4-7-17-8-5-13/h3,11H,1,4-10H2,2H3. The third-order valence-corrected chi connectivity index (χ3v) is 3.85. The molecule has 0 aromatic carbocycles. The summed E-state index contributed by atoms with van der Waals surface area (Å²) in [4.78, 5) is 13.6. The first kappa shape index (κ1) is 13.4. The molecule has 0 saturated carbocycles. The van der Waals surface area contributed by atoms with Crippen LogP contribution in [0.25, 0.3) is 0 Å². The molecule has 0 radical (unpaired) electrons. The zero-order valence-electron chi connectivity index (χ0n) is 10.9. The van der Waals surface area contributed by atoms with Gasteiger partial charge in [0.2, 0.25) is 0 Å². The average Bonchev–Trinajstić information content (AvgIpc) is 2.75. The largest absolute Gasteiger partial charge is 0.445 e. The van der Waals surface area contributed by atoms with Gasteiger partial charge in [-0.1, -0.05) is 12.7 Å². The molecule has 2 heterocycles. The maximum absolute atomic E-state index is 11.9. The van der Waals surface area contributed by atoms with Crippen molar-refractivity contribution in [3.05, 3.63) is 12.7 Å². The monoisotopic (exact) mass is 255 g/mol. The Kier molecular flexibility index (Phi) is 4.24. The first-order valence-electron chi connectivity index (χ1n) is 6.36. The molecule has 0 aliphatic carbocycles. The van der Waals surface area contributed by atoms with Gasteiger partial charge in [-0.2, -0.15) is 0 Å². The van der Waals surface area contributed by atoms with Gasteiger partial charge in [0.1, 0.15) is 12.8 Å². The number of rotatable bonds is 3. The van der Waals surface area contributed by atoms with Crippen LogP contribution in [0.1, 0.15) is 19.3 Å². The van der Waals surface area contributed by atoms with Crippen molar-refractivity contribution in [2.45, 2.75) is 25.5 Å². The third-order valence-electron chi connectivity index (χ3n) is 3.85. The van der Waals surface area contributed by atoms with Gasteiger partial charge in [-0.3, -0.25) is 4.90 Å². The average molecular weight is 255 g/mol. The lowest BCUT2D eigenvalue weighted by atomic mass is 9.79. The lowest BCUT2D eigenvalue weighted by molar-refractivity contribution is -0.00611. The minimum absolute atomic E-state index is 0.145. The molecule has 102 valence electrons. The highest BCUT2D eigenvalue weighted by molar-refractivity contribution is 5.68. The summed E-state index contributed by atoms with van der Waals surface area (Å²) in [6, 6.07) is 0. The van der Waals surface area contributed by atoms with Crippen molar-refractivity contribution in [3.8, 4) is 0 Å². The van der Waals surface area contributed by atoms with Crippen molar-refractivity contribution in [3.63, 3.8) is 0 Å². The summed E-state index contributed by atoms with van der Waals surface area (Å²) >= 11 is 0. The molecule has 0 bridgehead atoms. The number of ether oxygens (including phenoxy) is 3. The maximum Gasteiger partial charge on any atom is 0.412 e. The molecule has 5 nitrogen and oxygen atoms in total. The van der Waals surface area contributed by atoms with Crippen LogP contribution in [0.2, 0.25) is 0 Å². The molecule has 1 spiro atoms. The van der Waals surface area contributed by atoms with Crippen LogP contribution in [-0.4, -0.2) is 50.7 Å². The predicted molar refractivity (Wildman–Crippen MR) is 66.2 cm³/mol. The number of carbonyl (C=O) groups excluding carboxylic acids is 1. The van der Waals surface area contributed by atoms with E-state index in [2.05, 4.69) is 6.58 Å². The Bertz CT molecular complexity index is 312. The van der Waals surface area contributed by atoms with Crippen LogP contribution < -0.4 is 0 Å². The Hall–Kier alpha value is -1.07. The zero-order chi connectivity index (χ0) is 13.0. The van der Waals surface area contributed by atoms with Gasteiger partial charge in [0, 0.05) is 26.9 Å². The molecule has 0 aromatic heterocycles. The Morgan fingerprint density at radius 2 is 2.28 bits per heavy atom. The van der Waals surface area contributed by atoms with Crippen LogP contribution >= 0.6 is 0 Å². The molecule has 2 aliphatic heterocycles. The van der Waals surface area contributed by atoms with E-state index < -0.39 is 0 Å². The summed E-state index contributed by atoms with van der Waals surface area (Å²) in [5.74, 6) is 0. The zero-order valence-corrected chi connectivity index (χ0v) is 10.9. The molecule has 0 aromatic rings. The fourth-order valence-corrected chi connectivity index (χ4v) is 2.78. The predicted octanol–water partition coefficient (Wildman–Crippen LogP) is 1.78. The molecule has 0 N–H and O–H groups in total. The summed E-state index contributed by atoms with van der Waals surface area (Å²) in [6.07, 6.45) is 3.91. The Morgan fingerprint density at radius 3 is 2.89 bits per heavy atom. The van der Waals surface area contributed by atoms with E-state index in [4.69, 9.17) is 14.2 Å². The smallest absolute Gasteiger partial charge is 0.412 e. The first-order chi connectivity index (χ1) is 8.71. The van der Waals surface area contributed by atoms with Gasteiger partial charge in [-0.25, -0.2) is 4.79 Å². The summed E-state index contributed by atoms with van der Waals surface area (Å²) < 4.78 is 15.9. The van der Waals surface area contributed by atoms with E-state index in [1.807, 2.05) is 0 Å². The van der Waals surface area contributed by atoms with Gasteiger partial charge in [0.15, 0.2) is 0 Å². The summed E-state index contributed by atoms with van der Waals surface area (Å²) in [7, 11) is 1.64. The molecule has 18 heavy (non-hydrogen) atoms. The van der Waals surface area contributed by atoms with Crippen LogP contribution in [0.4, 0.5) is 4.79 Å². The maximum atomic E-state index is 11.9.